The van der Waals surface area contributed by atoms with Gasteiger partial charge in [0.05, 0.1) is 5.39 Å². The van der Waals surface area contributed by atoms with Gasteiger partial charge in [0.1, 0.15) is 5.58 Å². The third-order valence-electron chi connectivity index (χ3n) is 6.23. The van der Waals surface area contributed by atoms with Crippen molar-refractivity contribution in [3.05, 3.63) is 34.7 Å². The number of benzene rings is 1. The molecule has 0 amide bonds. The van der Waals surface area contributed by atoms with Crippen LogP contribution in [0, 0.1) is 0 Å². The van der Waals surface area contributed by atoms with E-state index in [-0.39, 0.29) is 0 Å². The summed E-state index contributed by atoms with van der Waals surface area (Å²) in [5.41, 5.74) is 0.148. The van der Waals surface area contributed by atoms with Crippen LogP contribution in [-0.4, -0.2) is 16.6 Å². The second-order valence-electron chi connectivity index (χ2n) is 7.24. The Morgan fingerprint density at radius 2 is 1.19 bits per heavy atom. The normalized spacial score (nSPS) is 12.4. The standard InChI is InChI=1S/C21H34O4Si2/c1-7-26(8-2,9-3)24-19-17-15-13-14-16-18(17)23-21(22)20(19)25-27(10-4,11-5)12-6/h13-16H,7-12H2,1-6H3. The van der Waals surface area contributed by atoms with Crippen molar-refractivity contribution in [1.29, 1.82) is 0 Å². The quantitative estimate of drug-likeness (QED) is 0.331. The summed E-state index contributed by atoms with van der Waals surface area (Å²) >= 11 is 0. The molecule has 0 saturated heterocycles. The largest absolute Gasteiger partial charge is 0.540 e. The topological polar surface area (TPSA) is 48.7 Å². The molecule has 27 heavy (non-hydrogen) atoms. The van der Waals surface area contributed by atoms with E-state index in [1.807, 2.05) is 24.3 Å². The molecule has 1 aromatic carbocycles. The number of rotatable bonds is 10. The summed E-state index contributed by atoms with van der Waals surface area (Å²) in [7, 11) is -4.02. The lowest BCUT2D eigenvalue weighted by molar-refractivity contribution is 0.432. The average Bonchev–Trinajstić information content (AvgIpc) is 2.72. The number of hydrogen-bond donors (Lipinski definition) is 0. The van der Waals surface area contributed by atoms with E-state index in [2.05, 4.69) is 41.5 Å². The van der Waals surface area contributed by atoms with E-state index in [0.29, 0.717) is 17.1 Å². The van der Waals surface area contributed by atoms with Gasteiger partial charge in [-0.2, -0.15) is 0 Å². The van der Waals surface area contributed by atoms with Gasteiger partial charge in [0.2, 0.25) is 5.75 Å². The highest BCUT2D eigenvalue weighted by Gasteiger charge is 2.37. The maximum atomic E-state index is 12.9. The molecule has 0 aliphatic rings. The Kier molecular flexibility index (Phi) is 7.34. The Morgan fingerprint density at radius 3 is 1.67 bits per heavy atom. The first-order chi connectivity index (χ1) is 12.9. The molecule has 0 bridgehead atoms. The summed E-state index contributed by atoms with van der Waals surface area (Å²) in [6.45, 7) is 13.0. The highest BCUT2D eigenvalue weighted by molar-refractivity contribution is 6.75. The molecule has 0 aliphatic heterocycles. The maximum absolute atomic E-state index is 12.9. The van der Waals surface area contributed by atoms with Gasteiger partial charge < -0.3 is 13.3 Å². The van der Waals surface area contributed by atoms with E-state index < -0.39 is 22.3 Å². The summed E-state index contributed by atoms with van der Waals surface area (Å²) in [5.74, 6) is 0.921. The Labute approximate surface area is 165 Å². The number of hydrogen-bond acceptors (Lipinski definition) is 4. The Bertz CT molecular complexity index is 791. The van der Waals surface area contributed by atoms with Crippen LogP contribution in [0.15, 0.2) is 33.5 Å². The van der Waals surface area contributed by atoms with Crippen molar-refractivity contribution in [3.63, 3.8) is 0 Å². The summed E-state index contributed by atoms with van der Waals surface area (Å²) in [5, 5.41) is 0.838. The molecule has 0 unspecified atom stereocenters. The fourth-order valence-electron chi connectivity index (χ4n) is 3.66. The Hall–Kier alpha value is -1.54. The van der Waals surface area contributed by atoms with E-state index in [1.54, 1.807) is 0 Å². The number of fused-ring (bicyclic) bond motifs is 1. The lowest BCUT2D eigenvalue weighted by Gasteiger charge is -2.33. The minimum absolute atomic E-state index is 0.304. The summed E-state index contributed by atoms with van der Waals surface area (Å²) in [4.78, 5) is 12.9. The van der Waals surface area contributed by atoms with Crippen molar-refractivity contribution in [1.82, 2.24) is 0 Å². The van der Waals surface area contributed by atoms with Gasteiger partial charge in [0.25, 0.3) is 16.6 Å². The lowest BCUT2D eigenvalue weighted by Crippen LogP contribution is -2.42. The third-order valence-corrected chi connectivity index (χ3v) is 15.2. The van der Waals surface area contributed by atoms with Gasteiger partial charge in [-0.15, -0.1) is 0 Å². The Morgan fingerprint density at radius 1 is 0.741 bits per heavy atom. The first kappa shape index (κ1) is 21.8. The maximum Gasteiger partial charge on any atom is 0.381 e. The van der Waals surface area contributed by atoms with Crippen molar-refractivity contribution in [2.45, 2.75) is 77.8 Å². The van der Waals surface area contributed by atoms with Crippen LogP contribution < -0.4 is 14.5 Å². The molecule has 0 atom stereocenters. The molecular weight excluding hydrogens is 372 g/mol. The van der Waals surface area contributed by atoms with Crippen LogP contribution >= 0.6 is 0 Å². The predicted molar refractivity (Wildman–Crippen MR) is 118 cm³/mol. The van der Waals surface area contributed by atoms with Gasteiger partial charge in [-0.05, 0) is 48.4 Å². The molecule has 150 valence electrons. The molecule has 1 heterocycles. The van der Waals surface area contributed by atoms with Gasteiger partial charge in [-0.1, -0.05) is 53.7 Å². The van der Waals surface area contributed by atoms with Gasteiger partial charge in [0, 0.05) is 0 Å². The molecule has 4 nitrogen and oxygen atoms in total. The fraction of sp³-hybridized carbons (Fsp3) is 0.571. The van der Waals surface area contributed by atoms with E-state index >= 15 is 0 Å². The van der Waals surface area contributed by atoms with Crippen LogP contribution in [-0.2, 0) is 0 Å². The summed E-state index contributed by atoms with van der Waals surface area (Å²) in [6, 6.07) is 13.5. The Balaban J connectivity index is 2.72. The number of para-hydroxylation sites is 1. The zero-order valence-corrected chi connectivity index (χ0v) is 19.7. The third kappa shape index (κ3) is 4.32. The van der Waals surface area contributed by atoms with Crippen molar-refractivity contribution < 1.29 is 13.3 Å². The molecule has 0 N–H and O–H groups in total. The molecule has 6 heteroatoms. The van der Waals surface area contributed by atoms with Crippen molar-refractivity contribution in [2.75, 3.05) is 0 Å². The molecular formula is C21H34O4Si2. The van der Waals surface area contributed by atoms with Gasteiger partial charge in [-0.3, -0.25) is 0 Å². The molecule has 2 rings (SSSR count). The minimum atomic E-state index is -2.04. The van der Waals surface area contributed by atoms with Crippen LogP contribution in [0.25, 0.3) is 11.0 Å². The van der Waals surface area contributed by atoms with Crippen LogP contribution in [0.1, 0.15) is 41.5 Å². The second kappa shape index (κ2) is 9.10. The van der Waals surface area contributed by atoms with Crippen LogP contribution in [0.4, 0.5) is 0 Å². The van der Waals surface area contributed by atoms with E-state index in [0.717, 1.165) is 41.7 Å². The second-order valence-corrected chi connectivity index (χ2v) is 16.6. The zero-order valence-electron chi connectivity index (χ0n) is 17.7. The van der Waals surface area contributed by atoms with Gasteiger partial charge in [0.15, 0.2) is 5.75 Å². The van der Waals surface area contributed by atoms with Crippen molar-refractivity contribution >= 4 is 27.6 Å². The zero-order chi connectivity index (χ0) is 20.1. The van der Waals surface area contributed by atoms with Gasteiger partial charge in [-0.25, -0.2) is 4.79 Å². The molecule has 1 aromatic heterocycles. The van der Waals surface area contributed by atoms with Crippen LogP contribution in [0.5, 0.6) is 11.5 Å². The molecule has 0 fully saturated rings. The smallest absolute Gasteiger partial charge is 0.381 e. The summed E-state index contributed by atoms with van der Waals surface area (Å²) < 4.78 is 18.9. The molecule has 2 aromatic rings. The molecule has 0 aliphatic carbocycles. The van der Waals surface area contributed by atoms with Gasteiger partial charge >= 0.3 is 5.63 Å². The minimum Gasteiger partial charge on any atom is -0.540 e. The fourth-order valence-corrected chi connectivity index (χ4v) is 8.77. The first-order valence-electron chi connectivity index (χ1n) is 10.4. The van der Waals surface area contributed by atoms with E-state index in [9.17, 15) is 4.79 Å². The van der Waals surface area contributed by atoms with Crippen molar-refractivity contribution in [3.8, 4) is 11.5 Å². The highest BCUT2D eigenvalue weighted by Crippen LogP contribution is 2.39. The monoisotopic (exact) mass is 406 g/mol. The first-order valence-corrected chi connectivity index (χ1v) is 15.4. The van der Waals surface area contributed by atoms with E-state index in [4.69, 9.17) is 13.3 Å². The van der Waals surface area contributed by atoms with E-state index in [1.165, 1.54) is 0 Å². The molecule has 0 radical (unpaired) electrons. The molecule has 0 spiro atoms. The van der Waals surface area contributed by atoms with Crippen molar-refractivity contribution in [2.24, 2.45) is 0 Å². The van der Waals surface area contributed by atoms with Crippen LogP contribution in [0.3, 0.4) is 0 Å². The summed E-state index contributed by atoms with van der Waals surface area (Å²) in [6.07, 6.45) is 0. The predicted octanol–water partition coefficient (Wildman–Crippen LogP) is 6.56. The highest BCUT2D eigenvalue weighted by atomic mass is 28.4. The molecule has 0 saturated carbocycles. The van der Waals surface area contributed by atoms with Crippen LogP contribution in [0.2, 0.25) is 36.3 Å². The lowest BCUT2D eigenvalue weighted by atomic mass is 10.2. The SMILES string of the molecule is CC[Si](CC)(CC)Oc1c(O[Si](CC)(CC)CC)c2ccccc2oc1=O. The average molecular weight is 407 g/mol.